The first-order chi connectivity index (χ1) is 12.8. The summed E-state index contributed by atoms with van der Waals surface area (Å²) in [4.78, 5) is 24.7. The predicted octanol–water partition coefficient (Wildman–Crippen LogP) is 4.49. The van der Waals surface area contributed by atoms with Gasteiger partial charge in [0.15, 0.2) is 0 Å². The van der Waals surface area contributed by atoms with Gasteiger partial charge in [0, 0.05) is 26.9 Å². The average molecular weight is 484 g/mol. The summed E-state index contributed by atoms with van der Waals surface area (Å²) < 4.78 is 30.5. The van der Waals surface area contributed by atoms with Crippen molar-refractivity contribution in [1.82, 2.24) is 4.90 Å². The number of hydrogen-bond acceptors (Lipinski definition) is 2. The minimum atomic E-state index is -3.15. The smallest absolute Gasteiger partial charge is 0.407 e. The number of carboxylic acid groups (broad SMARTS) is 1. The van der Waals surface area contributed by atoms with Crippen LogP contribution in [0.4, 0.5) is 19.3 Å². The molecule has 1 unspecified atom stereocenters. The second-order valence-corrected chi connectivity index (χ2v) is 7.89. The molecule has 5 nitrogen and oxygen atoms in total. The molecule has 1 fully saturated rings. The fourth-order valence-electron chi connectivity index (χ4n) is 3.77. The van der Waals surface area contributed by atoms with Gasteiger partial charge in [-0.1, -0.05) is 12.1 Å². The summed E-state index contributed by atoms with van der Waals surface area (Å²) in [5.41, 5.74) is 0.969. The van der Waals surface area contributed by atoms with Crippen LogP contribution in [0.1, 0.15) is 24.0 Å². The lowest BCUT2D eigenvalue weighted by atomic mass is 10.1. The highest BCUT2D eigenvalue weighted by molar-refractivity contribution is 14.1. The third-order valence-electron chi connectivity index (χ3n) is 5.04. The molecule has 1 aliphatic carbocycles. The Morgan fingerprint density at radius 2 is 1.81 bits per heavy atom. The number of fused-ring (bicyclic) bond motifs is 3. The van der Waals surface area contributed by atoms with Gasteiger partial charge in [0.2, 0.25) is 5.91 Å². The Kier molecular flexibility index (Phi) is 4.32. The molecule has 0 aromatic heterocycles. The van der Waals surface area contributed by atoms with Crippen molar-refractivity contribution >= 4 is 40.3 Å². The van der Waals surface area contributed by atoms with E-state index >= 15 is 0 Å². The van der Waals surface area contributed by atoms with Crippen molar-refractivity contribution in [3.63, 3.8) is 0 Å². The molecular weight excluding hydrogens is 469 g/mol. The molecule has 1 heterocycles. The molecule has 1 saturated heterocycles. The van der Waals surface area contributed by atoms with Gasteiger partial charge in [-0.3, -0.25) is 9.69 Å². The van der Waals surface area contributed by atoms with Crippen LogP contribution < -0.4 is 5.32 Å². The molecule has 0 saturated carbocycles. The summed E-state index contributed by atoms with van der Waals surface area (Å²) in [5, 5.41) is 11.8. The Morgan fingerprint density at radius 3 is 2.52 bits per heavy atom. The number of rotatable bonds is 2. The number of likely N-dealkylation sites (tertiary alicyclic amines) is 1. The van der Waals surface area contributed by atoms with E-state index in [1.807, 2.05) is 22.6 Å². The summed E-state index contributed by atoms with van der Waals surface area (Å²) in [5.74, 6) is -3.64. The van der Waals surface area contributed by atoms with Gasteiger partial charge in [0.1, 0.15) is 6.04 Å². The lowest BCUT2D eigenvalue weighted by molar-refractivity contribution is -0.119. The Hall–Kier alpha value is -2.23. The molecule has 2 aromatic carbocycles. The highest BCUT2D eigenvalue weighted by Crippen LogP contribution is 2.51. The van der Waals surface area contributed by atoms with Crippen molar-refractivity contribution in [2.24, 2.45) is 0 Å². The van der Waals surface area contributed by atoms with Gasteiger partial charge in [-0.05, 0) is 70.8 Å². The molecule has 2 aromatic rings. The summed E-state index contributed by atoms with van der Waals surface area (Å²) in [6.07, 6.45) is -0.137. The number of carbonyl (C=O) groups excluding carboxylic acids is 1. The van der Waals surface area contributed by atoms with E-state index in [0.717, 1.165) is 8.47 Å². The van der Waals surface area contributed by atoms with Crippen LogP contribution in [0, 0.1) is 3.57 Å². The molecule has 0 bridgehead atoms. The molecular formula is C19H15F2IN2O3. The van der Waals surface area contributed by atoms with E-state index in [0.29, 0.717) is 30.5 Å². The monoisotopic (exact) mass is 484 g/mol. The predicted molar refractivity (Wildman–Crippen MR) is 104 cm³/mol. The van der Waals surface area contributed by atoms with Gasteiger partial charge in [0.05, 0.1) is 0 Å². The van der Waals surface area contributed by atoms with Crippen LogP contribution in [0.25, 0.3) is 11.1 Å². The summed E-state index contributed by atoms with van der Waals surface area (Å²) in [6.45, 7) is 0.295. The normalized spacial score (nSPS) is 19.5. The summed E-state index contributed by atoms with van der Waals surface area (Å²) in [6, 6.07) is 8.55. The standard InChI is InChI=1S/C19H15F2IN2O3/c20-19(21)14-8-10(22)3-5-12(14)13-6-4-11(9-15(13)19)23-17(25)16-2-1-7-24(16)18(26)27/h3-6,8-9,16H,1-2,7H2,(H,23,25)(H,26,27). The Balaban J connectivity index is 1.63. The number of nitrogens with zero attached hydrogens (tertiary/aromatic N) is 1. The average Bonchev–Trinajstić information content (AvgIpc) is 3.18. The highest BCUT2D eigenvalue weighted by Gasteiger charge is 2.44. The lowest BCUT2D eigenvalue weighted by Gasteiger charge is -2.21. The van der Waals surface area contributed by atoms with Crippen molar-refractivity contribution in [2.75, 3.05) is 11.9 Å². The zero-order valence-corrected chi connectivity index (χ0v) is 16.2. The number of hydrogen-bond donors (Lipinski definition) is 2. The maximum Gasteiger partial charge on any atom is 0.407 e. The fraction of sp³-hybridized carbons (Fsp3) is 0.263. The zero-order chi connectivity index (χ0) is 19.3. The minimum absolute atomic E-state index is 0.0410. The van der Waals surface area contributed by atoms with Crippen LogP contribution in [-0.2, 0) is 10.7 Å². The van der Waals surface area contributed by atoms with Crippen molar-refractivity contribution in [3.05, 3.63) is 51.1 Å². The van der Waals surface area contributed by atoms with Crippen molar-refractivity contribution in [2.45, 2.75) is 24.8 Å². The Labute approximate surface area is 167 Å². The van der Waals surface area contributed by atoms with Crippen LogP contribution in [0.2, 0.25) is 0 Å². The maximum absolute atomic E-state index is 14.9. The van der Waals surface area contributed by atoms with Crippen LogP contribution in [0.15, 0.2) is 36.4 Å². The lowest BCUT2D eigenvalue weighted by Crippen LogP contribution is -2.42. The number of carbonyl (C=O) groups is 2. The largest absolute Gasteiger partial charge is 0.465 e. The van der Waals surface area contributed by atoms with Crippen LogP contribution in [-0.4, -0.2) is 34.6 Å². The van der Waals surface area contributed by atoms with E-state index in [1.165, 1.54) is 12.1 Å². The van der Waals surface area contributed by atoms with Gasteiger partial charge < -0.3 is 10.4 Å². The molecule has 8 heteroatoms. The molecule has 2 N–H and O–H groups in total. The second kappa shape index (κ2) is 6.43. The van der Waals surface area contributed by atoms with Crippen LogP contribution >= 0.6 is 22.6 Å². The summed E-state index contributed by atoms with van der Waals surface area (Å²) >= 11 is 2.00. The molecule has 4 rings (SSSR count). The third-order valence-corrected chi connectivity index (χ3v) is 5.71. The van der Waals surface area contributed by atoms with E-state index in [-0.39, 0.29) is 16.8 Å². The van der Waals surface area contributed by atoms with Gasteiger partial charge >= 0.3 is 6.09 Å². The first-order valence-corrected chi connectivity index (χ1v) is 9.50. The Morgan fingerprint density at radius 1 is 1.15 bits per heavy atom. The van der Waals surface area contributed by atoms with E-state index in [9.17, 15) is 18.4 Å². The number of benzene rings is 2. The van der Waals surface area contributed by atoms with Gasteiger partial charge in [-0.2, -0.15) is 8.78 Å². The molecule has 140 valence electrons. The molecule has 27 heavy (non-hydrogen) atoms. The zero-order valence-electron chi connectivity index (χ0n) is 14.0. The fourth-order valence-corrected chi connectivity index (χ4v) is 4.26. The van der Waals surface area contributed by atoms with E-state index < -0.39 is 24.0 Å². The molecule has 1 aliphatic heterocycles. The van der Waals surface area contributed by atoms with E-state index in [4.69, 9.17) is 5.11 Å². The Bertz CT molecular complexity index is 964. The first-order valence-electron chi connectivity index (χ1n) is 8.42. The second-order valence-electron chi connectivity index (χ2n) is 6.65. The third kappa shape index (κ3) is 2.95. The molecule has 0 radical (unpaired) electrons. The summed E-state index contributed by atoms with van der Waals surface area (Å²) in [7, 11) is 0. The van der Waals surface area contributed by atoms with Crippen molar-refractivity contribution in [3.8, 4) is 11.1 Å². The van der Waals surface area contributed by atoms with Crippen LogP contribution in [0.5, 0.6) is 0 Å². The topological polar surface area (TPSA) is 69.6 Å². The quantitative estimate of drug-likeness (QED) is 0.618. The minimum Gasteiger partial charge on any atom is -0.465 e. The molecule has 2 aliphatic rings. The van der Waals surface area contributed by atoms with Crippen molar-refractivity contribution in [1.29, 1.82) is 0 Å². The molecule has 2 amide bonds. The number of amides is 2. The van der Waals surface area contributed by atoms with E-state index in [2.05, 4.69) is 5.32 Å². The molecule has 0 spiro atoms. The van der Waals surface area contributed by atoms with Crippen molar-refractivity contribution < 1.29 is 23.5 Å². The SMILES string of the molecule is O=C(Nc1ccc2c(c1)C(F)(F)c1cc(I)ccc1-2)C1CCCN1C(=O)O. The molecule has 1 atom stereocenters. The number of halogens is 3. The van der Waals surface area contributed by atoms with Gasteiger partial charge in [-0.15, -0.1) is 0 Å². The maximum atomic E-state index is 14.9. The number of anilines is 1. The van der Waals surface area contributed by atoms with Crippen LogP contribution in [0.3, 0.4) is 0 Å². The van der Waals surface area contributed by atoms with Gasteiger partial charge in [0.25, 0.3) is 5.92 Å². The number of nitrogens with one attached hydrogen (secondary N) is 1. The highest BCUT2D eigenvalue weighted by atomic mass is 127. The first kappa shape index (κ1) is 18.1. The number of alkyl halides is 2. The van der Waals surface area contributed by atoms with Gasteiger partial charge in [-0.25, -0.2) is 4.79 Å². The van der Waals surface area contributed by atoms with E-state index in [1.54, 1.807) is 24.3 Å².